The van der Waals surface area contributed by atoms with Crippen molar-refractivity contribution >= 4 is 17.3 Å². The van der Waals surface area contributed by atoms with Crippen molar-refractivity contribution in [2.75, 3.05) is 12.3 Å². The number of hydrogen-bond donors (Lipinski definition) is 1. The summed E-state index contributed by atoms with van der Waals surface area (Å²) in [5, 5.41) is 0.719. The van der Waals surface area contributed by atoms with Crippen molar-refractivity contribution in [2.45, 2.75) is 6.92 Å². The lowest BCUT2D eigenvalue weighted by Gasteiger charge is -2.09. The van der Waals surface area contributed by atoms with Crippen LogP contribution < -0.4 is 10.5 Å². The van der Waals surface area contributed by atoms with E-state index in [1.165, 1.54) is 0 Å². The van der Waals surface area contributed by atoms with Gasteiger partial charge in [0.15, 0.2) is 0 Å². The van der Waals surface area contributed by atoms with E-state index in [4.69, 9.17) is 22.1 Å². The molecule has 17 heavy (non-hydrogen) atoms. The van der Waals surface area contributed by atoms with Crippen LogP contribution in [0.3, 0.4) is 0 Å². The predicted molar refractivity (Wildman–Crippen MR) is 72.5 cm³/mol. The molecule has 0 bridgehead atoms. The lowest BCUT2D eigenvalue weighted by atomic mass is 10.0. The zero-order valence-electron chi connectivity index (χ0n) is 9.61. The molecular weight excluding hydrogens is 234 g/mol. The maximum atomic E-state index is 6.14. The van der Waals surface area contributed by atoms with Crippen LogP contribution in [0.15, 0.2) is 42.5 Å². The van der Waals surface area contributed by atoms with Crippen LogP contribution in [-0.2, 0) is 0 Å². The molecule has 0 unspecified atom stereocenters. The Balaban J connectivity index is 2.41. The summed E-state index contributed by atoms with van der Waals surface area (Å²) in [7, 11) is 0. The number of nitrogen functional groups attached to an aromatic ring is 1. The van der Waals surface area contributed by atoms with Crippen LogP contribution in [0.4, 0.5) is 5.69 Å². The summed E-state index contributed by atoms with van der Waals surface area (Å²) in [5.41, 5.74) is 8.53. The fourth-order valence-corrected chi connectivity index (χ4v) is 1.94. The number of rotatable bonds is 3. The first kappa shape index (κ1) is 11.8. The maximum absolute atomic E-state index is 6.14. The average Bonchev–Trinajstić information content (AvgIpc) is 2.33. The van der Waals surface area contributed by atoms with E-state index in [9.17, 15) is 0 Å². The van der Waals surface area contributed by atoms with E-state index in [2.05, 4.69) is 0 Å². The fourth-order valence-electron chi connectivity index (χ4n) is 1.70. The molecule has 2 aromatic rings. The zero-order valence-corrected chi connectivity index (χ0v) is 10.4. The van der Waals surface area contributed by atoms with E-state index in [0.29, 0.717) is 18.0 Å². The molecule has 3 heteroatoms. The molecule has 0 saturated carbocycles. The van der Waals surface area contributed by atoms with Gasteiger partial charge in [0, 0.05) is 10.6 Å². The molecule has 2 aromatic carbocycles. The van der Waals surface area contributed by atoms with Crippen molar-refractivity contribution in [3.05, 3.63) is 47.5 Å². The van der Waals surface area contributed by atoms with Gasteiger partial charge in [0.1, 0.15) is 5.75 Å². The molecule has 0 aliphatic heterocycles. The molecule has 2 nitrogen and oxygen atoms in total. The molecule has 0 heterocycles. The molecular formula is C14H14ClNO. The molecule has 0 aliphatic carbocycles. The Bertz CT molecular complexity index is 525. The number of benzene rings is 2. The third-order valence-electron chi connectivity index (χ3n) is 2.49. The molecule has 88 valence electrons. The Morgan fingerprint density at radius 3 is 2.59 bits per heavy atom. The van der Waals surface area contributed by atoms with E-state index in [-0.39, 0.29) is 0 Å². The second-order valence-electron chi connectivity index (χ2n) is 3.67. The third-order valence-corrected chi connectivity index (χ3v) is 2.82. The molecule has 0 fully saturated rings. The Morgan fingerprint density at radius 2 is 1.94 bits per heavy atom. The van der Waals surface area contributed by atoms with Gasteiger partial charge in [-0.15, -0.1) is 0 Å². The van der Waals surface area contributed by atoms with E-state index in [0.717, 1.165) is 16.1 Å². The second kappa shape index (κ2) is 5.11. The molecule has 0 spiro atoms. The van der Waals surface area contributed by atoms with Gasteiger partial charge in [0.25, 0.3) is 0 Å². The van der Waals surface area contributed by atoms with Crippen LogP contribution in [0, 0.1) is 0 Å². The predicted octanol–water partition coefficient (Wildman–Crippen LogP) is 3.99. The van der Waals surface area contributed by atoms with Gasteiger partial charge in [-0.3, -0.25) is 0 Å². The zero-order chi connectivity index (χ0) is 12.3. The van der Waals surface area contributed by atoms with Crippen LogP contribution in [0.1, 0.15) is 6.92 Å². The molecule has 0 atom stereocenters. The van der Waals surface area contributed by atoms with Gasteiger partial charge >= 0.3 is 0 Å². The van der Waals surface area contributed by atoms with Crippen molar-refractivity contribution < 1.29 is 4.74 Å². The highest BCUT2D eigenvalue weighted by Crippen LogP contribution is 2.32. The van der Waals surface area contributed by atoms with Crippen LogP contribution in [0.2, 0.25) is 5.02 Å². The van der Waals surface area contributed by atoms with E-state index in [1.54, 1.807) is 0 Å². The van der Waals surface area contributed by atoms with Crippen molar-refractivity contribution in [3.63, 3.8) is 0 Å². The van der Waals surface area contributed by atoms with Crippen molar-refractivity contribution in [1.82, 2.24) is 0 Å². The number of ether oxygens (including phenoxy) is 1. The first-order valence-electron chi connectivity index (χ1n) is 5.49. The smallest absolute Gasteiger partial charge is 0.142 e. The first-order valence-corrected chi connectivity index (χ1v) is 5.87. The van der Waals surface area contributed by atoms with Gasteiger partial charge in [0.2, 0.25) is 0 Å². The Morgan fingerprint density at radius 1 is 1.18 bits per heavy atom. The van der Waals surface area contributed by atoms with Crippen LogP contribution in [0.25, 0.3) is 11.1 Å². The minimum absolute atomic E-state index is 0.607. The topological polar surface area (TPSA) is 35.2 Å². The highest BCUT2D eigenvalue weighted by Gasteiger charge is 2.05. The van der Waals surface area contributed by atoms with Crippen molar-refractivity contribution in [1.29, 1.82) is 0 Å². The fraction of sp³-hybridized carbons (Fsp3) is 0.143. The lowest BCUT2D eigenvalue weighted by Crippen LogP contribution is -1.96. The van der Waals surface area contributed by atoms with Crippen molar-refractivity contribution in [3.8, 4) is 16.9 Å². The van der Waals surface area contributed by atoms with Gasteiger partial charge in [-0.2, -0.15) is 0 Å². The summed E-state index contributed by atoms with van der Waals surface area (Å²) >= 11 is 6.14. The first-order chi connectivity index (χ1) is 8.22. The van der Waals surface area contributed by atoms with E-state index in [1.807, 2.05) is 49.4 Å². The molecule has 0 amide bonds. The maximum Gasteiger partial charge on any atom is 0.142 e. The van der Waals surface area contributed by atoms with E-state index >= 15 is 0 Å². The van der Waals surface area contributed by atoms with Crippen LogP contribution in [0.5, 0.6) is 5.75 Å². The molecule has 0 saturated heterocycles. The number of nitrogens with two attached hydrogens (primary N) is 1. The standard InChI is InChI=1S/C14H14ClNO/c1-2-17-14-8-7-10(9-13(14)16)11-5-3-4-6-12(11)15/h3-9H,2,16H2,1H3. The molecule has 0 aromatic heterocycles. The summed E-state index contributed by atoms with van der Waals surface area (Å²) < 4.78 is 5.40. The largest absolute Gasteiger partial charge is 0.492 e. The number of halogens is 1. The summed E-state index contributed by atoms with van der Waals surface area (Å²) in [6.45, 7) is 2.54. The minimum Gasteiger partial charge on any atom is -0.492 e. The molecule has 2 rings (SSSR count). The normalized spacial score (nSPS) is 10.2. The van der Waals surface area contributed by atoms with Gasteiger partial charge in [-0.25, -0.2) is 0 Å². The quantitative estimate of drug-likeness (QED) is 0.833. The summed E-state index contributed by atoms with van der Waals surface area (Å²) in [4.78, 5) is 0. The van der Waals surface area contributed by atoms with Crippen LogP contribution in [-0.4, -0.2) is 6.61 Å². The van der Waals surface area contributed by atoms with Gasteiger partial charge < -0.3 is 10.5 Å². The average molecular weight is 248 g/mol. The third kappa shape index (κ3) is 2.53. The summed E-state index contributed by atoms with van der Waals surface area (Å²) in [6.07, 6.45) is 0. The Hall–Kier alpha value is -1.67. The van der Waals surface area contributed by atoms with Gasteiger partial charge in [0.05, 0.1) is 12.3 Å². The number of hydrogen-bond acceptors (Lipinski definition) is 2. The lowest BCUT2D eigenvalue weighted by molar-refractivity contribution is 0.342. The SMILES string of the molecule is CCOc1ccc(-c2ccccc2Cl)cc1N. The van der Waals surface area contributed by atoms with Crippen molar-refractivity contribution in [2.24, 2.45) is 0 Å². The monoisotopic (exact) mass is 247 g/mol. The molecule has 0 radical (unpaired) electrons. The molecule has 2 N–H and O–H groups in total. The number of anilines is 1. The molecule has 0 aliphatic rings. The Kier molecular flexibility index (Phi) is 3.55. The van der Waals surface area contributed by atoms with Gasteiger partial charge in [-0.1, -0.05) is 35.9 Å². The highest BCUT2D eigenvalue weighted by molar-refractivity contribution is 6.33. The van der Waals surface area contributed by atoms with Gasteiger partial charge in [-0.05, 0) is 30.7 Å². The summed E-state index contributed by atoms with van der Waals surface area (Å²) in [5.74, 6) is 0.711. The Labute approximate surface area is 106 Å². The minimum atomic E-state index is 0.607. The summed E-state index contributed by atoms with van der Waals surface area (Å²) in [6, 6.07) is 13.4. The second-order valence-corrected chi connectivity index (χ2v) is 4.07. The highest BCUT2D eigenvalue weighted by atomic mass is 35.5. The van der Waals surface area contributed by atoms with E-state index < -0.39 is 0 Å². The van der Waals surface area contributed by atoms with Crippen LogP contribution >= 0.6 is 11.6 Å².